The van der Waals surface area contributed by atoms with E-state index in [0.29, 0.717) is 11.8 Å². The number of aryl methyl sites for hydroxylation is 1. The molecule has 138 valence electrons. The number of benzene rings is 1. The minimum Gasteiger partial charge on any atom is -0.338 e. The van der Waals surface area contributed by atoms with Crippen LogP contribution in [0, 0.1) is 18.8 Å². The molecule has 3 aromatic rings. The highest BCUT2D eigenvalue weighted by atomic mass is 16.2. The zero-order valence-corrected chi connectivity index (χ0v) is 16.1. The summed E-state index contributed by atoms with van der Waals surface area (Å²) < 4.78 is 0. The van der Waals surface area contributed by atoms with Gasteiger partial charge in [0.2, 0.25) is 0 Å². The van der Waals surface area contributed by atoms with E-state index in [2.05, 4.69) is 18.8 Å². The van der Waals surface area contributed by atoms with Crippen molar-refractivity contribution in [2.75, 3.05) is 13.1 Å². The molecule has 1 fully saturated rings. The number of para-hydroxylation sites is 1. The van der Waals surface area contributed by atoms with Crippen LogP contribution in [0.4, 0.5) is 0 Å². The first-order chi connectivity index (χ1) is 13.0. The molecule has 2 aromatic heterocycles. The Morgan fingerprint density at radius 3 is 2.59 bits per heavy atom. The van der Waals surface area contributed by atoms with Crippen LogP contribution in [0.15, 0.2) is 48.8 Å². The van der Waals surface area contributed by atoms with Crippen LogP contribution in [0.1, 0.15) is 36.2 Å². The molecule has 3 heterocycles. The van der Waals surface area contributed by atoms with Gasteiger partial charge < -0.3 is 4.90 Å². The maximum absolute atomic E-state index is 13.5. The molecule has 27 heavy (non-hydrogen) atoms. The van der Waals surface area contributed by atoms with Gasteiger partial charge in [-0.1, -0.05) is 32.0 Å². The number of rotatable bonds is 2. The van der Waals surface area contributed by atoms with E-state index in [0.717, 1.165) is 46.4 Å². The molecule has 0 radical (unpaired) electrons. The number of amides is 1. The number of hydrogen-bond acceptors (Lipinski definition) is 3. The van der Waals surface area contributed by atoms with Gasteiger partial charge in [-0.3, -0.25) is 9.78 Å². The summed E-state index contributed by atoms with van der Waals surface area (Å²) in [5.74, 6) is 1.17. The lowest BCUT2D eigenvalue weighted by Gasteiger charge is -2.35. The molecule has 1 aliphatic rings. The van der Waals surface area contributed by atoms with Crippen LogP contribution in [0.25, 0.3) is 22.2 Å². The molecule has 0 spiro atoms. The number of carbonyl (C=O) groups is 1. The lowest BCUT2D eigenvalue weighted by Crippen LogP contribution is -2.42. The minimum absolute atomic E-state index is 0.108. The summed E-state index contributed by atoms with van der Waals surface area (Å²) in [6, 6.07) is 11.9. The highest BCUT2D eigenvalue weighted by Crippen LogP contribution is 2.29. The molecule has 1 aliphatic heterocycles. The van der Waals surface area contributed by atoms with Crippen molar-refractivity contribution in [3.05, 3.63) is 59.9 Å². The number of piperidine rings is 1. The summed E-state index contributed by atoms with van der Waals surface area (Å²) in [5, 5.41) is 0.929. The topological polar surface area (TPSA) is 46.1 Å². The van der Waals surface area contributed by atoms with Crippen LogP contribution >= 0.6 is 0 Å². The Bertz CT molecular complexity index is 974. The summed E-state index contributed by atoms with van der Waals surface area (Å²) in [4.78, 5) is 24.6. The number of pyridine rings is 2. The maximum Gasteiger partial charge on any atom is 0.254 e. The van der Waals surface area contributed by atoms with Crippen LogP contribution in [0.3, 0.4) is 0 Å². The van der Waals surface area contributed by atoms with E-state index in [1.807, 2.05) is 48.2 Å². The first-order valence-electron chi connectivity index (χ1n) is 9.63. The monoisotopic (exact) mass is 359 g/mol. The second-order valence-electron chi connectivity index (χ2n) is 7.92. The van der Waals surface area contributed by atoms with Crippen molar-refractivity contribution in [1.82, 2.24) is 14.9 Å². The standard InChI is InChI=1S/C23H25N3O/c1-15-10-16(2)14-26(13-15)23(27)20-11-21(18-7-5-9-24-12-18)25-22-17(3)6-4-8-19(20)22/h4-9,11-12,15-16H,10,13-14H2,1-3H3. The van der Waals surface area contributed by atoms with E-state index < -0.39 is 0 Å². The minimum atomic E-state index is 0.108. The fourth-order valence-electron chi connectivity index (χ4n) is 4.23. The van der Waals surface area contributed by atoms with Gasteiger partial charge in [-0.15, -0.1) is 0 Å². The van der Waals surface area contributed by atoms with Crippen LogP contribution in [0.5, 0.6) is 0 Å². The molecule has 0 saturated carbocycles. The molecule has 4 nitrogen and oxygen atoms in total. The second kappa shape index (κ2) is 7.10. The summed E-state index contributed by atoms with van der Waals surface area (Å²) in [6.07, 6.45) is 4.73. The van der Waals surface area contributed by atoms with Gasteiger partial charge in [0.1, 0.15) is 0 Å². The smallest absolute Gasteiger partial charge is 0.254 e. The maximum atomic E-state index is 13.5. The van der Waals surface area contributed by atoms with Crippen molar-refractivity contribution >= 4 is 16.8 Å². The predicted molar refractivity (Wildman–Crippen MR) is 109 cm³/mol. The third-order valence-electron chi connectivity index (χ3n) is 5.39. The Morgan fingerprint density at radius 2 is 1.89 bits per heavy atom. The van der Waals surface area contributed by atoms with E-state index in [-0.39, 0.29) is 5.91 Å². The van der Waals surface area contributed by atoms with Crippen LogP contribution in [0.2, 0.25) is 0 Å². The van der Waals surface area contributed by atoms with E-state index in [9.17, 15) is 4.79 Å². The first-order valence-corrected chi connectivity index (χ1v) is 9.63. The molecule has 1 aromatic carbocycles. The lowest BCUT2D eigenvalue weighted by molar-refractivity contribution is 0.0625. The Kier molecular flexibility index (Phi) is 4.65. The van der Waals surface area contributed by atoms with E-state index >= 15 is 0 Å². The van der Waals surface area contributed by atoms with Crippen molar-refractivity contribution in [2.45, 2.75) is 27.2 Å². The molecule has 2 unspecified atom stereocenters. The normalized spacial score (nSPS) is 20.0. The Labute approximate surface area is 160 Å². The zero-order valence-electron chi connectivity index (χ0n) is 16.1. The number of hydrogen-bond donors (Lipinski definition) is 0. The lowest BCUT2D eigenvalue weighted by atomic mass is 9.91. The molecule has 1 amide bonds. The Hall–Kier alpha value is -2.75. The average Bonchev–Trinajstić information content (AvgIpc) is 2.67. The van der Waals surface area contributed by atoms with Crippen molar-refractivity contribution in [3.8, 4) is 11.3 Å². The summed E-state index contributed by atoms with van der Waals surface area (Å²) in [5.41, 5.74) is 4.43. The molecule has 4 rings (SSSR count). The highest BCUT2D eigenvalue weighted by molar-refractivity contribution is 6.07. The molecule has 0 N–H and O–H groups in total. The summed E-state index contributed by atoms with van der Waals surface area (Å²) in [7, 11) is 0. The van der Waals surface area contributed by atoms with Crippen LogP contribution in [-0.4, -0.2) is 33.9 Å². The fourth-order valence-corrected chi connectivity index (χ4v) is 4.23. The van der Waals surface area contributed by atoms with Crippen molar-refractivity contribution in [3.63, 3.8) is 0 Å². The summed E-state index contributed by atoms with van der Waals surface area (Å²) in [6.45, 7) is 8.14. The van der Waals surface area contributed by atoms with E-state index in [4.69, 9.17) is 4.98 Å². The number of fused-ring (bicyclic) bond motifs is 1. The SMILES string of the molecule is Cc1cccc2c(C(=O)N3CC(C)CC(C)C3)cc(-c3cccnc3)nc12. The van der Waals surface area contributed by atoms with Crippen molar-refractivity contribution in [1.29, 1.82) is 0 Å². The van der Waals surface area contributed by atoms with Crippen molar-refractivity contribution < 1.29 is 4.79 Å². The Morgan fingerprint density at radius 1 is 1.11 bits per heavy atom. The molecular weight excluding hydrogens is 334 g/mol. The largest absolute Gasteiger partial charge is 0.338 e. The third-order valence-corrected chi connectivity index (χ3v) is 5.39. The Balaban J connectivity index is 1.86. The fraction of sp³-hybridized carbons (Fsp3) is 0.348. The van der Waals surface area contributed by atoms with Gasteiger partial charge in [-0.05, 0) is 48.9 Å². The van der Waals surface area contributed by atoms with Gasteiger partial charge in [-0.2, -0.15) is 0 Å². The highest BCUT2D eigenvalue weighted by Gasteiger charge is 2.27. The number of carbonyl (C=O) groups excluding carboxylic acids is 1. The quantitative estimate of drug-likeness (QED) is 0.665. The first kappa shape index (κ1) is 17.7. The van der Waals surface area contributed by atoms with Crippen LogP contribution in [-0.2, 0) is 0 Å². The molecule has 0 aliphatic carbocycles. The van der Waals surface area contributed by atoms with Gasteiger partial charge in [-0.25, -0.2) is 4.98 Å². The molecule has 1 saturated heterocycles. The van der Waals surface area contributed by atoms with Gasteiger partial charge in [0.25, 0.3) is 5.91 Å². The van der Waals surface area contributed by atoms with Gasteiger partial charge >= 0.3 is 0 Å². The third kappa shape index (κ3) is 3.44. The van der Waals surface area contributed by atoms with Crippen LogP contribution < -0.4 is 0 Å². The molecule has 2 atom stereocenters. The molecule has 0 bridgehead atoms. The van der Waals surface area contributed by atoms with E-state index in [1.54, 1.807) is 12.4 Å². The number of nitrogens with zero attached hydrogens (tertiary/aromatic N) is 3. The van der Waals surface area contributed by atoms with Gasteiger partial charge in [0.05, 0.1) is 16.8 Å². The number of likely N-dealkylation sites (tertiary alicyclic amines) is 1. The van der Waals surface area contributed by atoms with Crippen molar-refractivity contribution in [2.24, 2.45) is 11.8 Å². The molecule has 4 heteroatoms. The number of aromatic nitrogens is 2. The van der Waals surface area contributed by atoms with Gasteiger partial charge in [0, 0.05) is 36.4 Å². The zero-order chi connectivity index (χ0) is 19.0. The summed E-state index contributed by atoms with van der Waals surface area (Å²) >= 11 is 0. The van der Waals surface area contributed by atoms with E-state index in [1.165, 1.54) is 6.42 Å². The predicted octanol–water partition coefficient (Wildman–Crippen LogP) is 4.72. The molecular formula is C23H25N3O. The second-order valence-corrected chi connectivity index (χ2v) is 7.92. The average molecular weight is 359 g/mol. The van der Waals surface area contributed by atoms with Gasteiger partial charge in [0.15, 0.2) is 0 Å².